The Kier molecular flexibility index (Phi) is 11.2. The number of carbonyl (C=O) groups is 1. The lowest BCUT2D eigenvalue weighted by Crippen LogP contribution is -2.49. The molecule has 3 N–H and O–H groups in total. The Morgan fingerprint density at radius 1 is 0.872 bits per heavy atom. The molecule has 1 amide bonds. The molecule has 0 aliphatic carbocycles. The molecule has 39 heavy (non-hydrogen) atoms. The van der Waals surface area contributed by atoms with Crippen molar-refractivity contribution < 1.29 is 27.1 Å². The van der Waals surface area contributed by atoms with Crippen molar-refractivity contribution in [2.45, 2.75) is 63.1 Å². The van der Waals surface area contributed by atoms with Crippen LogP contribution >= 0.6 is 0 Å². The van der Waals surface area contributed by atoms with Crippen LogP contribution in [-0.4, -0.2) is 43.9 Å². The number of nitrogens with one attached hydrogen (secondary N) is 2. The van der Waals surface area contributed by atoms with E-state index in [0.29, 0.717) is 13.0 Å². The van der Waals surface area contributed by atoms with Crippen LogP contribution in [0.3, 0.4) is 0 Å². The molecule has 0 bridgehead atoms. The van der Waals surface area contributed by atoms with Crippen LogP contribution in [0.1, 0.15) is 42.5 Å². The first-order valence-electron chi connectivity index (χ1n) is 13.1. The van der Waals surface area contributed by atoms with Gasteiger partial charge in [-0.2, -0.15) is 0 Å². The van der Waals surface area contributed by atoms with Gasteiger partial charge in [-0.1, -0.05) is 50.2 Å². The lowest BCUT2D eigenvalue weighted by atomic mass is 10.0. The molecule has 0 heterocycles. The van der Waals surface area contributed by atoms with E-state index in [1.165, 1.54) is 11.6 Å². The van der Waals surface area contributed by atoms with E-state index in [9.17, 15) is 27.1 Å². The summed E-state index contributed by atoms with van der Waals surface area (Å²) in [6.45, 7) is 4.56. The minimum atomic E-state index is -3.70. The summed E-state index contributed by atoms with van der Waals surface area (Å²) in [6.07, 6.45) is 0.111. The summed E-state index contributed by atoms with van der Waals surface area (Å²) in [5.74, 6) is -2.52. The molecule has 0 fully saturated rings. The number of aliphatic hydroxyl groups excluding tert-OH is 1. The van der Waals surface area contributed by atoms with Crippen molar-refractivity contribution in [1.29, 1.82) is 0 Å². The third-order valence-electron chi connectivity index (χ3n) is 6.53. The van der Waals surface area contributed by atoms with Crippen LogP contribution < -0.4 is 10.6 Å². The van der Waals surface area contributed by atoms with Gasteiger partial charge in [0.2, 0.25) is 5.91 Å². The van der Waals surface area contributed by atoms with Gasteiger partial charge in [-0.25, -0.2) is 17.2 Å². The van der Waals surface area contributed by atoms with E-state index in [0.717, 1.165) is 35.7 Å². The number of sulfone groups is 1. The van der Waals surface area contributed by atoms with Gasteiger partial charge < -0.3 is 15.7 Å². The van der Waals surface area contributed by atoms with Gasteiger partial charge in [0.25, 0.3) is 0 Å². The molecule has 3 rings (SSSR count). The van der Waals surface area contributed by atoms with Crippen LogP contribution in [0.2, 0.25) is 0 Å². The van der Waals surface area contributed by atoms with Gasteiger partial charge >= 0.3 is 0 Å². The van der Waals surface area contributed by atoms with Crippen LogP contribution in [-0.2, 0) is 40.4 Å². The van der Waals surface area contributed by atoms with Gasteiger partial charge in [0.15, 0.2) is 9.84 Å². The molecule has 3 aromatic rings. The van der Waals surface area contributed by atoms with Gasteiger partial charge in [0.1, 0.15) is 11.6 Å². The van der Waals surface area contributed by atoms with Crippen molar-refractivity contribution in [3.63, 3.8) is 0 Å². The molecule has 0 aliphatic rings. The first kappa shape index (κ1) is 30.4. The van der Waals surface area contributed by atoms with Crippen LogP contribution in [0.25, 0.3) is 0 Å². The minimum Gasteiger partial charge on any atom is -0.390 e. The topological polar surface area (TPSA) is 95.5 Å². The fraction of sp³-hybridized carbons (Fsp3) is 0.367. The monoisotopic (exact) mass is 558 g/mol. The van der Waals surface area contributed by atoms with Gasteiger partial charge in [-0.3, -0.25) is 4.79 Å². The number of aryl methyl sites for hydroxylation is 2. The number of hydrogen-bond donors (Lipinski definition) is 3. The summed E-state index contributed by atoms with van der Waals surface area (Å²) in [5.41, 5.74) is 3.35. The molecule has 6 nitrogen and oxygen atoms in total. The maximum atomic E-state index is 13.8. The Labute approximate surface area is 229 Å². The number of benzene rings is 3. The molecule has 210 valence electrons. The molecule has 0 aliphatic heterocycles. The first-order valence-corrected chi connectivity index (χ1v) is 14.8. The van der Waals surface area contributed by atoms with Crippen molar-refractivity contribution in [1.82, 2.24) is 10.6 Å². The molecule has 3 aromatic carbocycles. The van der Waals surface area contributed by atoms with E-state index in [2.05, 4.69) is 23.6 Å². The van der Waals surface area contributed by atoms with E-state index in [1.54, 1.807) is 12.1 Å². The quantitative estimate of drug-likeness (QED) is 0.277. The fourth-order valence-electron chi connectivity index (χ4n) is 4.31. The number of hydrogen-bond acceptors (Lipinski definition) is 5. The Morgan fingerprint density at radius 3 is 2.15 bits per heavy atom. The molecule has 0 unspecified atom stereocenters. The van der Waals surface area contributed by atoms with E-state index in [1.807, 2.05) is 31.2 Å². The summed E-state index contributed by atoms with van der Waals surface area (Å²) >= 11 is 0. The van der Waals surface area contributed by atoms with E-state index >= 15 is 0 Å². The zero-order valence-electron chi connectivity index (χ0n) is 22.3. The highest BCUT2D eigenvalue weighted by Gasteiger charge is 2.24. The smallest absolute Gasteiger partial charge is 0.221 e. The molecular formula is C30H36F2N2O4S. The van der Waals surface area contributed by atoms with Crippen molar-refractivity contribution in [3.8, 4) is 0 Å². The van der Waals surface area contributed by atoms with Gasteiger partial charge in [0, 0.05) is 25.6 Å². The van der Waals surface area contributed by atoms with Crippen LogP contribution in [0.15, 0.2) is 71.6 Å². The second-order valence-corrected chi connectivity index (χ2v) is 11.7. The molecule has 0 radical (unpaired) electrons. The Hall–Kier alpha value is -3.14. The third kappa shape index (κ3) is 9.53. The Balaban J connectivity index is 1.66. The van der Waals surface area contributed by atoms with Crippen molar-refractivity contribution >= 4 is 15.7 Å². The molecule has 0 saturated heterocycles. The van der Waals surface area contributed by atoms with Crippen molar-refractivity contribution in [2.75, 3.05) is 12.3 Å². The highest BCUT2D eigenvalue weighted by atomic mass is 32.2. The number of halogens is 2. The number of amides is 1. The van der Waals surface area contributed by atoms with Gasteiger partial charge in [-0.15, -0.1) is 0 Å². The third-order valence-corrected chi connectivity index (χ3v) is 8.25. The summed E-state index contributed by atoms with van der Waals surface area (Å²) < 4.78 is 53.2. The highest BCUT2D eigenvalue weighted by molar-refractivity contribution is 7.91. The number of carbonyl (C=O) groups excluding carboxylic acids is 1. The van der Waals surface area contributed by atoms with Crippen LogP contribution in [0.4, 0.5) is 8.78 Å². The van der Waals surface area contributed by atoms with E-state index in [-0.39, 0.29) is 29.8 Å². The lowest BCUT2D eigenvalue weighted by molar-refractivity contribution is -0.122. The number of aliphatic hydroxyl groups is 1. The second kappa shape index (κ2) is 14.3. The zero-order chi connectivity index (χ0) is 28.4. The largest absolute Gasteiger partial charge is 0.390 e. The molecule has 0 aromatic heterocycles. The predicted molar refractivity (Wildman–Crippen MR) is 148 cm³/mol. The summed E-state index contributed by atoms with van der Waals surface area (Å²) in [4.78, 5) is 12.9. The Bertz CT molecular complexity index is 1340. The molecular weight excluding hydrogens is 522 g/mol. The molecule has 0 spiro atoms. The normalized spacial score (nSPS) is 13.2. The average Bonchev–Trinajstić information content (AvgIpc) is 2.91. The highest BCUT2D eigenvalue weighted by Crippen LogP contribution is 2.16. The Morgan fingerprint density at radius 2 is 1.49 bits per heavy atom. The summed E-state index contributed by atoms with van der Waals surface area (Å²) in [5, 5.41) is 16.8. The molecule has 9 heteroatoms. The number of rotatable bonds is 14. The maximum Gasteiger partial charge on any atom is 0.221 e. The van der Waals surface area contributed by atoms with Crippen LogP contribution in [0, 0.1) is 11.6 Å². The van der Waals surface area contributed by atoms with E-state index in [4.69, 9.17) is 0 Å². The van der Waals surface area contributed by atoms with Gasteiger partial charge in [0.05, 0.1) is 22.8 Å². The zero-order valence-corrected chi connectivity index (χ0v) is 23.1. The predicted octanol–water partition coefficient (Wildman–Crippen LogP) is 4.13. The minimum absolute atomic E-state index is 0.0418. The lowest BCUT2D eigenvalue weighted by Gasteiger charge is -2.25. The summed E-state index contributed by atoms with van der Waals surface area (Å²) in [7, 11) is -3.70. The average molecular weight is 559 g/mol. The SMILES string of the molecule is CCc1cccc(CNC[C@H](O)[C@H](Cc2cc(F)cc(F)c2)NC(=O)CCS(=O)(=O)c2cccc(CC)c2)c1. The first-order chi connectivity index (χ1) is 18.6. The maximum absolute atomic E-state index is 13.8. The molecule has 2 atom stereocenters. The standard InChI is InChI=1S/C30H36F2N2O4S/c1-3-21-7-5-9-23(13-21)19-33-20-29(35)28(17-24-14-25(31)18-26(32)15-24)34-30(36)11-12-39(37,38)27-10-6-8-22(4-2)16-27/h5-10,13-16,18,28-29,33,35H,3-4,11-12,17,19-20H2,1-2H3,(H,34,36)/t28-,29-/m0/s1. The molecule has 0 saturated carbocycles. The summed E-state index contributed by atoms with van der Waals surface area (Å²) in [6, 6.07) is 16.7. The fourth-order valence-corrected chi connectivity index (χ4v) is 5.62. The van der Waals surface area contributed by atoms with E-state index < -0.39 is 45.3 Å². The van der Waals surface area contributed by atoms with Crippen molar-refractivity contribution in [2.24, 2.45) is 0 Å². The van der Waals surface area contributed by atoms with Gasteiger partial charge in [-0.05, 0) is 65.8 Å². The second-order valence-electron chi connectivity index (χ2n) is 9.60. The van der Waals surface area contributed by atoms with Crippen molar-refractivity contribution in [3.05, 3.63) is 101 Å². The van der Waals surface area contributed by atoms with Crippen LogP contribution in [0.5, 0.6) is 0 Å².